The van der Waals surface area contributed by atoms with E-state index in [1.807, 2.05) is 0 Å². The number of non-ortho nitro benzene ring substituents is 1. The third kappa shape index (κ3) is 2.95. The minimum absolute atomic E-state index is 0.0820. The van der Waals surface area contributed by atoms with Crippen LogP contribution in [0.4, 0.5) is 5.69 Å². The average molecular weight is 322 g/mol. The highest BCUT2D eigenvalue weighted by molar-refractivity contribution is 6.17. The summed E-state index contributed by atoms with van der Waals surface area (Å²) in [5.74, 6) is -0.577. The van der Waals surface area contributed by atoms with Crippen LogP contribution in [0.25, 0.3) is 23.8 Å². The van der Waals surface area contributed by atoms with E-state index in [-0.39, 0.29) is 22.2 Å². The van der Waals surface area contributed by atoms with Crippen LogP contribution in [0.2, 0.25) is 0 Å². The number of nitrogens with zero attached hydrogens (tertiary/aromatic N) is 2. The first-order valence-electron chi connectivity index (χ1n) is 6.84. The normalized spacial score (nSPS) is 11.6. The van der Waals surface area contributed by atoms with Crippen LogP contribution in [-0.2, 0) is 0 Å². The summed E-state index contributed by atoms with van der Waals surface area (Å²) in [4.78, 5) is 38.4. The lowest BCUT2D eigenvalue weighted by Crippen LogP contribution is -2.28. The van der Waals surface area contributed by atoms with Gasteiger partial charge in [0, 0.05) is 23.8 Å². The van der Waals surface area contributed by atoms with Gasteiger partial charge in [-0.05, 0) is 17.4 Å². The molecule has 0 N–H and O–H groups in total. The van der Waals surface area contributed by atoms with Crippen LogP contribution in [-0.4, -0.2) is 15.7 Å². The van der Waals surface area contributed by atoms with Crippen molar-refractivity contribution >= 4 is 35.2 Å². The van der Waals surface area contributed by atoms with Crippen LogP contribution in [0.15, 0.2) is 51.7 Å². The number of carbonyl (C=O) groups is 1. The SMILES string of the molecule is C=c1ccc2n/c(=C\C(=O)c3cccc([N+](=O)[O-])c3)c(=O)oc2c1. The summed E-state index contributed by atoms with van der Waals surface area (Å²) >= 11 is 0. The van der Waals surface area contributed by atoms with Crippen molar-refractivity contribution in [3.8, 4) is 0 Å². The predicted molar refractivity (Wildman–Crippen MR) is 86.9 cm³/mol. The van der Waals surface area contributed by atoms with Crippen LogP contribution in [0.1, 0.15) is 10.4 Å². The van der Waals surface area contributed by atoms with Crippen molar-refractivity contribution in [3.05, 3.63) is 79.1 Å². The number of carbonyl (C=O) groups excluding carboxylic acids is 1. The molecular formula is C17H10N2O5. The Morgan fingerprint density at radius 1 is 1.25 bits per heavy atom. The number of Topliss-reactive ketones (excluding diaryl/α,β-unsaturated/α-hetero) is 1. The van der Waals surface area contributed by atoms with Crippen LogP contribution in [0.3, 0.4) is 0 Å². The summed E-state index contributed by atoms with van der Waals surface area (Å²) in [6.07, 6.45) is 1.00. The third-order valence-electron chi connectivity index (χ3n) is 3.29. The van der Waals surface area contributed by atoms with Gasteiger partial charge in [0.05, 0.1) is 4.92 Å². The standard InChI is InChI=1S/C17H10N2O5/c1-10-5-6-13-16(7-10)24-17(21)14(18-13)9-15(20)11-3-2-4-12(8-11)19(22)23/h2-9H,1H2/b14-9-. The molecule has 0 aliphatic carbocycles. The van der Waals surface area contributed by atoms with Crippen molar-refractivity contribution in [2.24, 2.45) is 0 Å². The minimum atomic E-state index is -0.771. The van der Waals surface area contributed by atoms with Crippen LogP contribution < -0.4 is 16.2 Å². The highest BCUT2D eigenvalue weighted by Crippen LogP contribution is 2.13. The van der Waals surface area contributed by atoms with Gasteiger partial charge in [-0.25, -0.2) is 9.78 Å². The second kappa shape index (κ2) is 5.88. The summed E-state index contributed by atoms with van der Waals surface area (Å²) in [6, 6.07) is 10.1. The molecule has 1 heterocycles. The van der Waals surface area contributed by atoms with Crippen molar-refractivity contribution in [1.29, 1.82) is 0 Å². The Hall–Kier alpha value is -3.61. The first-order valence-corrected chi connectivity index (χ1v) is 6.84. The molecule has 3 rings (SSSR count). The lowest BCUT2D eigenvalue weighted by Gasteiger charge is -1.97. The number of ketones is 1. The van der Waals surface area contributed by atoms with Gasteiger partial charge in [0.2, 0.25) is 0 Å². The van der Waals surface area contributed by atoms with Crippen molar-refractivity contribution in [1.82, 2.24) is 4.98 Å². The second-order valence-electron chi connectivity index (χ2n) is 5.00. The summed E-state index contributed by atoms with van der Waals surface area (Å²) < 4.78 is 5.12. The Labute approximate surface area is 134 Å². The highest BCUT2D eigenvalue weighted by atomic mass is 16.6. The number of benzene rings is 2. The topological polar surface area (TPSA) is 103 Å². The molecule has 0 amide bonds. The van der Waals surface area contributed by atoms with Gasteiger partial charge in [-0.3, -0.25) is 14.9 Å². The Kier molecular flexibility index (Phi) is 3.75. The fourth-order valence-electron chi connectivity index (χ4n) is 2.13. The van der Waals surface area contributed by atoms with E-state index < -0.39 is 16.3 Å². The van der Waals surface area contributed by atoms with Crippen LogP contribution in [0.5, 0.6) is 0 Å². The molecule has 0 aliphatic rings. The van der Waals surface area contributed by atoms with E-state index in [0.29, 0.717) is 10.7 Å². The van der Waals surface area contributed by atoms with Crippen LogP contribution in [0, 0.1) is 10.1 Å². The van der Waals surface area contributed by atoms with Gasteiger partial charge in [0.15, 0.2) is 16.7 Å². The van der Waals surface area contributed by atoms with Crippen molar-refractivity contribution in [2.75, 3.05) is 0 Å². The molecule has 0 saturated carbocycles. The number of aromatic nitrogens is 1. The van der Waals surface area contributed by atoms with Crippen molar-refractivity contribution in [3.63, 3.8) is 0 Å². The summed E-state index contributed by atoms with van der Waals surface area (Å²) in [5.41, 5.74) is -0.228. The van der Waals surface area contributed by atoms with E-state index in [2.05, 4.69) is 11.6 Å². The molecule has 7 nitrogen and oxygen atoms in total. The quantitative estimate of drug-likeness (QED) is 0.407. The van der Waals surface area contributed by atoms with Crippen LogP contribution >= 0.6 is 0 Å². The van der Waals surface area contributed by atoms with Gasteiger partial charge >= 0.3 is 5.63 Å². The maximum Gasteiger partial charge on any atom is 0.362 e. The van der Waals surface area contributed by atoms with E-state index in [1.165, 1.54) is 18.2 Å². The second-order valence-corrected chi connectivity index (χ2v) is 5.00. The fraction of sp³-hybridized carbons (Fsp3) is 0. The molecule has 0 unspecified atom stereocenters. The average Bonchev–Trinajstić information content (AvgIpc) is 2.55. The summed E-state index contributed by atoms with van der Waals surface area (Å²) in [5, 5.41) is 11.3. The Morgan fingerprint density at radius 3 is 2.79 bits per heavy atom. The molecule has 0 fully saturated rings. The molecular weight excluding hydrogens is 312 g/mol. The predicted octanol–water partition coefficient (Wildman–Crippen LogP) is 1.17. The Morgan fingerprint density at radius 2 is 2.04 bits per heavy atom. The zero-order valence-electron chi connectivity index (χ0n) is 12.3. The Bertz CT molecular complexity index is 1150. The van der Waals surface area contributed by atoms with Crippen molar-refractivity contribution in [2.45, 2.75) is 0 Å². The molecule has 7 heteroatoms. The molecule has 3 aromatic rings. The lowest BCUT2D eigenvalue weighted by molar-refractivity contribution is -0.384. The number of hydrogen-bond acceptors (Lipinski definition) is 6. The molecule has 0 radical (unpaired) electrons. The molecule has 0 saturated heterocycles. The maximum absolute atomic E-state index is 12.2. The van der Waals surface area contributed by atoms with Gasteiger partial charge in [-0.1, -0.05) is 24.8 Å². The number of nitro groups is 1. The third-order valence-corrected chi connectivity index (χ3v) is 3.29. The smallest absolute Gasteiger partial charge is 0.362 e. The van der Waals surface area contributed by atoms with Gasteiger partial charge in [0.25, 0.3) is 5.69 Å². The van der Waals surface area contributed by atoms with E-state index >= 15 is 0 Å². The highest BCUT2D eigenvalue weighted by Gasteiger charge is 2.11. The first kappa shape index (κ1) is 15.3. The molecule has 0 aliphatic heterocycles. The zero-order valence-corrected chi connectivity index (χ0v) is 12.3. The van der Waals surface area contributed by atoms with E-state index in [1.54, 1.807) is 18.2 Å². The summed E-state index contributed by atoms with van der Waals surface area (Å²) in [7, 11) is 0. The van der Waals surface area contributed by atoms with Gasteiger partial charge in [0.1, 0.15) is 5.52 Å². The summed E-state index contributed by atoms with van der Waals surface area (Å²) in [6.45, 7) is 3.73. The molecule has 0 bridgehead atoms. The largest absolute Gasteiger partial charge is 0.419 e. The minimum Gasteiger partial charge on any atom is -0.419 e. The maximum atomic E-state index is 12.2. The lowest BCUT2D eigenvalue weighted by atomic mass is 10.1. The zero-order chi connectivity index (χ0) is 17.3. The monoisotopic (exact) mass is 322 g/mol. The molecule has 1 aromatic heterocycles. The Balaban J connectivity index is 2.11. The molecule has 0 atom stereocenters. The number of fused-ring (bicyclic) bond motifs is 1. The van der Waals surface area contributed by atoms with Gasteiger partial charge in [-0.15, -0.1) is 0 Å². The van der Waals surface area contributed by atoms with Gasteiger partial charge < -0.3 is 4.42 Å². The fourth-order valence-corrected chi connectivity index (χ4v) is 2.13. The molecule has 118 valence electrons. The number of hydrogen-bond donors (Lipinski definition) is 0. The van der Waals surface area contributed by atoms with Gasteiger partial charge in [-0.2, -0.15) is 0 Å². The van der Waals surface area contributed by atoms with E-state index in [4.69, 9.17) is 4.42 Å². The molecule has 0 spiro atoms. The molecule has 2 aromatic carbocycles. The van der Waals surface area contributed by atoms with E-state index in [9.17, 15) is 19.7 Å². The first-order chi connectivity index (χ1) is 11.4. The number of nitro benzene ring substituents is 1. The number of rotatable bonds is 3. The molecule has 24 heavy (non-hydrogen) atoms. The van der Waals surface area contributed by atoms with E-state index in [0.717, 1.165) is 12.1 Å². The van der Waals surface area contributed by atoms with Crippen molar-refractivity contribution < 1.29 is 14.1 Å².